The second kappa shape index (κ2) is 8.51. The van der Waals surface area contributed by atoms with Crippen molar-refractivity contribution < 1.29 is 19.8 Å². The Kier molecular flexibility index (Phi) is 6.10. The van der Waals surface area contributed by atoms with E-state index in [1.54, 1.807) is 17.0 Å². The molecule has 0 saturated heterocycles. The van der Waals surface area contributed by atoms with E-state index in [0.29, 0.717) is 24.5 Å². The summed E-state index contributed by atoms with van der Waals surface area (Å²) in [6, 6.07) is 8.58. The number of halogens is 1. The lowest BCUT2D eigenvalue weighted by atomic mass is 10.2. The van der Waals surface area contributed by atoms with Crippen LogP contribution in [-0.4, -0.2) is 62.5 Å². The van der Waals surface area contributed by atoms with Crippen molar-refractivity contribution in [3.8, 4) is 0 Å². The lowest BCUT2D eigenvalue weighted by Gasteiger charge is -2.21. The fourth-order valence-electron chi connectivity index (χ4n) is 2.89. The predicted molar refractivity (Wildman–Crippen MR) is 98.5 cm³/mol. The normalized spacial score (nSPS) is 16.4. The molecule has 1 aromatic carbocycles. The predicted octanol–water partition coefficient (Wildman–Crippen LogP) is 0.666. The average molecular weight is 393 g/mol. The first kappa shape index (κ1) is 19.3. The van der Waals surface area contributed by atoms with E-state index in [1.165, 1.54) is 10.7 Å². The van der Waals surface area contributed by atoms with Crippen molar-refractivity contribution in [1.82, 2.24) is 20.0 Å². The van der Waals surface area contributed by atoms with Crippen molar-refractivity contribution in [2.75, 3.05) is 19.7 Å². The van der Waals surface area contributed by atoms with E-state index in [-0.39, 0.29) is 42.9 Å². The number of β-amino-alcohol motifs (C(OH)–C–C–N with tert-alkyl or cyclic N) is 1. The molecule has 0 spiro atoms. The molecule has 0 saturated carbocycles. The number of carbonyl (C=O) groups is 2. The van der Waals surface area contributed by atoms with E-state index in [1.807, 2.05) is 12.1 Å². The van der Waals surface area contributed by atoms with Crippen LogP contribution in [0.3, 0.4) is 0 Å². The van der Waals surface area contributed by atoms with Crippen LogP contribution in [0.4, 0.5) is 0 Å². The molecule has 0 unspecified atom stereocenters. The third kappa shape index (κ3) is 4.65. The number of aliphatic hydroxyl groups is 2. The van der Waals surface area contributed by atoms with E-state index in [4.69, 9.17) is 16.7 Å². The van der Waals surface area contributed by atoms with E-state index < -0.39 is 6.10 Å². The number of nitrogens with zero attached hydrogens (tertiary/aromatic N) is 3. The largest absolute Gasteiger partial charge is 0.396 e. The van der Waals surface area contributed by atoms with Crippen molar-refractivity contribution in [1.29, 1.82) is 0 Å². The Labute approximate surface area is 161 Å². The van der Waals surface area contributed by atoms with Gasteiger partial charge in [-0.15, -0.1) is 0 Å². The molecular formula is C18H21ClN4O4. The summed E-state index contributed by atoms with van der Waals surface area (Å²) in [5.74, 6) is -0.723. The molecule has 3 rings (SSSR count). The lowest BCUT2D eigenvalue weighted by Crippen LogP contribution is -2.33. The van der Waals surface area contributed by atoms with Gasteiger partial charge in [-0.2, -0.15) is 5.10 Å². The van der Waals surface area contributed by atoms with Gasteiger partial charge in [0.1, 0.15) is 5.69 Å². The SMILES string of the molecule is O=C1NC[C@@H](O)Cn2nc(C(=O)N(CCCO)Cc3ccc(Cl)cc3)cc21. The van der Waals surface area contributed by atoms with E-state index in [0.717, 1.165) is 5.56 Å². The Morgan fingerprint density at radius 2 is 2.11 bits per heavy atom. The zero-order valence-corrected chi connectivity index (χ0v) is 15.4. The van der Waals surface area contributed by atoms with Crippen molar-refractivity contribution in [3.05, 3.63) is 52.3 Å². The van der Waals surface area contributed by atoms with Crippen LogP contribution in [-0.2, 0) is 13.1 Å². The number of carbonyl (C=O) groups excluding carboxylic acids is 2. The first-order valence-electron chi connectivity index (χ1n) is 8.66. The van der Waals surface area contributed by atoms with Gasteiger partial charge in [0, 0.05) is 37.3 Å². The Morgan fingerprint density at radius 3 is 2.81 bits per heavy atom. The van der Waals surface area contributed by atoms with Gasteiger partial charge in [0.2, 0.25) is 0 Å². The standard InChI is InChI=1S/C18H21ClN4O4/c19-13-4-2-12(3-5-13)10-22(6-1-7-24)18(27)15-8-16-17(26)20-9-14(25)11-23(16)21-15/h2-5,8,14,24-25H,1,6-7,9-11H2,(H,20,26)/t14-/m1/s1. The number of nitrogens with one attached hydrogen (secondary N) is 1. The lowest BCUT2D eigenvalue weighted by molar-refractivity contribution is 0.0723. The van der Waals surface area contributed by atoms with Crippen LogP contribution in [0.25, 0.3) is 0 Å². The number of hydrogen-bond acceptors (Lipinski definition) is 5. The van der Waals surface area contributed by atoms with Crippen LogP contribution < -0.4 is 5.32 Å². The molecule has 1 aliphatic rings. The topological polar surface area (TPSA) is 108 Å². The molecule has 144 valence electrons. The molecule has 9 heteroatoms. The van der Waals surface area contributed by atoms with Crippen LogP contribution in [0.15, 0.2) is 30.3 Å². The molecule has 2 aromatic rings. The molecule has 0 fully saturated rings. The number of hydrogen-bond donors (Lipinski definition) is 3. The summed E-state index contributed by atoms with van der Waals surface area (Å²) in [5, 5.41) is 26.4. The van der Waals surface area contributed by atoms with Gasteiger partial charge in [-0.05, 0) is 24.1 Å². The minimum atomic E-state index is -0.766. The third-order valence-corrected chi connectivity index (χ3v) is 4.53. The molecule has 0 aliphatic carbocycles. The highest BCUT2D eigenvalue weighted by molar-refractivity contribution is 6.30. The second-order valence-corrected chi connectivity index (χ2v) is 6.83. The number of fused-ring (bicyclic) bond motifs is 1. The molecule has 0 radical (unpaired) electrons. The van der Waals surface area contributed by atoms with Gasteiger partial charge in [0.05, 0.1) is 12.6 Å². The van der Waals surface area contributed by atoms with Crippen LogP contribution >= 0.6 is 11.6 Å². The zero-order valence-electron chi connectivity index (χ0n) is 14.6. The van der Waals surface area contributed by atoms with Crippen LogP contribution in [0.5, 0.6) is 0 Å². The molecule has 0 bridgehead atoms. The van der Waals surface area contributed by atoms with Crippen LogP contribution in [0.1, 0.15) is 33.0 Å². The fourth-order valence-corrected chi connectivity index (χ4v) is 3.02. The fraction of sp³-hybridized carbons (Fsp3) is 0.389. The summed E-state index contributed by atoms with van der Waals surface area (Å²) < 4.78 is 1.35. The van der Waals surface area contributed by atoms with Crippen molar-refractivity contribution in [3.63, 3.8) is 0 Å². The van der Waals surface area contributed by atoms with Gasteiger partial charge in [-0.3, -0.25) is 14.3 Å². The molecular weight excluding hydrogens is 372 g/mol. The van der Waals surface area contributed by atoms with Crippen LogP contribution in [0.2, 0.25) is 5.02 Å². The summed E-state index contributed by atoms with van der Waals surface area (Å²) in [7, 11) is 0. The Bertz CT molecular complexity index is 821. The molecule has 1 aliphatic heterocycles. The maximum Gasteiger partial charge on any atom is 0.274 e. The number of aromatic nitrogens is 2. The maximum atomic E-state index is 13.0. The summed E-state index contributed by atoms with van der Waals surface area (Å²) in [6.07, 6.45) is -0.343. The average Bonchev–Trinajstić information content (AvgIpc) is 3.02. The van der Waals surface area contributed by atoms with Gasteiger partial charge in [-0.25, -0.2) is 0 Å². The molecule has 1 atom stereocenters. The quantitative estimate of drug-likeness (QED) is 0.669. The van der Waals surface area contributed by atoms with Gasteiger partial charge in [-0.1, -0.05) is 23.7 Å². The molecule has 8 nitrogen and oxygen atoms in total. The van der Waals surface area contributed by atoms with Gasteiger partial charge >= 0.3 is 0 Å². The monoisotopic (exact) mass is 392 g/mol. The van der Waals surface area contributed by atoms with Crippen molar-refractivity contribution >= 4 is 23.4 Å². The molecule has 2 heterocycles. The highest BCUT2D eigenvalue weighted by Crippen LogP contribution is 2.15. The Balaban J connectivity index is 1.83. The van der Waals surface area contributed by atoms with Crippen molar-refractivity contribution in [2.24, 2.45) is 0 Å². The number of rotatable bonds is 6. The summed E-state index contributed by atoms with van der Waals surface area (Å²) in [4.78, 5) is 26.6. The highest BCUT2D eigenvalue weighted by Gasteiger charge is 2.26. The molecule has 3 N–H and O–H groups in total. The summed E-state index contributed by atoms with van der Waals surface area (Å²) >= 11 is 5.90. The second-order valence-electron chi connectivity index (χ2n) is 6.39. The first-order valence-corrected chi connectivity index (χ1v) is 9.04. The van der Waals surface area contributed by atoms with Crippen LogP contribution in [0, 0.1) is 0 Å². The summed E-state index contributed by atoms with van der Waals surface area (Å²) in [6.45, 7) is 0.903. The van der Waals surface area contributed by atoms with Crippen molar-refractivity contribution in [2.45, 2.75) is 25.6 Å². The van der Waals surface area contributed by atoms with E-state index >= 15 is 0 Å². The Hall–Kier alpha value is -2.42. The number of benzene rings is 1. The van der Waals surface area contributed by atoms with Gasteiger partial charge in [0.25, 0.3) is 11.8 Å². The van der Waals surface area contributed by atoms with Gasteiger partial charge < -0.3 is 20.4 Å². The third-order valence-electron chi connectivity index (χ3n) is 4.27. The first-order chi connectivity index (χ1) is 13.0. The van der Waals surface area contributed by atoms with Gasteiger partial charge in [0.15, 0.2) is 5.69 Å². The molecule has 27 heavy (non-hydrogen) atoms. The molecule has 2 amide bonds. The maximum absolute atomic E-state index is 13.0. The smallest absolute Gasteiger partial charge is 0.274 e. The summed E-state index contributed by atoms with van der Waals surface area (Å²) in [5.41, 5.74) is 1.25. The number of aliphatic hydroxyl groups excluding tert-OH is 2. The minimum Gasteiger partial charge on any atom is -0.396 e. The van der Waals surface area contributed by atoms with E-state index in [2.05, 4.69) is 10.4 Å². The Morgan fingerprint density at radius 1 is 1.37 bits per heavy atom. The highest BCUT2D eigenvalue weighted by atomic mass is 35.5. The zero-order chi connectivity index (χ0) is 19.4. The van der Waals surface area contributed by atoms with E-state index in [9.17, 15) is 14.7 Å². The minimum absolute atomic E-state index is 0.0430. The number of amides is 2. The molecule has 1 aromatic heterocycles.